The number of fused-ring (bicyclic) bond motifs is 1. The number of aliphatic hydroxyl groups excluding tert-OH is 1. The van der Waals surface area contributed by atoms with E-state index in [1.165, 1.54) is 0 Å². The topological polar surface area (TPSA) is 44.0 Å². The first-order valence-corrected chi connectivity index (χ1v) is 6.22. The molecule has 2 aromatic rings. The Morgan fingerprint density at radius 3 is 2.55 bits per heavy atom. The number of benzene rings is 2. The van der Waals surface area contributed by atoms with Crippen LogP contribution in [0.1, 0.15) is 22.8 Å². The standard InChI is InChI=1S/C16H11F2NO/c17-16(18)8-10-5-3-7-13(14(10)15(16)20)12-6-2-1-4-11(12)9-19/h1-7,15,20H,8H2. The van der Waals surface area contributed by atoms with Crippen LogP contribution in [-0.2, 0) is 6.42 Å². The molecule has 0 bridgehead atoms. The van der Waals surface area contributed by atoms with E-state index >= 15 is 0 Å². The molecule has 0 radical (unpaired) electrons. The van der Waals surface area contributed by atoms with Crippen molar-refractivity contribution in [3.05, 3.63) is 59.2 Å². The molecule has 0 amide bonds. The van der Waals surface area contributed by atoms with Crippen molar-refractivity contribution in [3.63, 3.8) is 0 Å². The molecule has 3 rings (SSSR count). The van der Waals surface area contributed by atoms with Gasteiger partial charge in [-0.05, 0) is 28.3 Å². The predicted octanol–water partition coefficient (Wildman–Crippen LogP) is 3.45. The normalized spacial score (nSPS) is 19.4. The molecule has 1 unspecified atom stereocenters. The highest BCUT2D eigenvalue weighted by Crippen LogP contribution is 2.47. The lowest BCUT2D eigenvalue weighted by molar-refractivity contribution is -0.0966. The zero-order valence-corrected chi connectivity index (χ0v) is 10.5. The van der Waals surface area contributed by atoms with Crippen LogP contribution in [0.15, 0.2) is 42.5 Å². The van der Waals surface area contributed by atoms with Crippen molar-refractivity contribution in [2.45, 2.75) is 18.4 Å². The molecule has 0 spiro atoms. The van der Waals surface area contributed by atoms with E-state index in [-0.39, 0.29) is 5.56 Å². The molecule has 100 valence electrons. The van der Waals surface area contributed by atoms with Gasteiger partial charge in [0, 0.05) is 6.42 Å². The molecule has 1 aliphatic rings. The molecule has 2 aromatic carbocycles. The van der Waals surface area contributed by atoms with Gasteiger partial charge in [0.1, 0.15) is 6.10 Å². The van der Waals surface area contributed by atoms with Gasteiger partial charge in [-0.1, -0.05) is 36.4 Å². The van der Waals surface area contributed by atoms with Crippen LogP contribution in [0.25, 0.3) is 11.1 Å². The number of nitriles is 1. The van der Waals surface area contributed by atoms with Crippen molar-refractivity contribution >= 4 is 0 Å². The fourth-order valence-electron chi connectivity index (χ4n) is 2.70. The zero-order valence-electron chi connectivity index (χ0n) is 10.5. The Balaban J connectivity index is 2.25. The summed E-state index contributed by atoms with van der Waals surface area (Å²) in [5.41, 5.74) is 2.16. The second-order valence-electron chi connectivity index (χ2n) is 4.88. The molecular weight excluding hydrogens is 260 g/mol. The Bertz CT molecular complexity index is 719. The average Bonchev–Trinajstić information content (AvgIpc) is 2.69. The number of alkyl halides is 2. The molecule has 4 heteroatoms. The number of hydrogen-bond acceptors (Lipinski definition) is 2. The highest BCUT2D eigenvalue weighted by molar-refractivity contribution is 5.75. The van der Waals surface area contributed by atoms with Crippen molar-refractivity contribution in [2.75, 3.05) is 0 Å². The average molecular weight is 271 g/mol. The lowest BCUT2D eigenvalue weighted by atomic mass is 9.93. The summed E-state index contributed by atoms with van der Waals surface area (Å²) < 4.78 is 27.4. The van der Waals surface area contributed by atoms with Crippen LogP contribution < -0.4 is 0 Å². The highest BCUT2D eigenvalue weighted by atomic mass is 19.3. The van der Waals surface area contributed by atoms with E-state index < -0.39 is 18.4 Å². The second-order valence-corrected chi connectivity index (χ2v) is 4.88. The van der Waals surface area contributed by atoms with Crippen molar-refractivity contribution in [1.29, 1.82) is 5.26 Å². The monoisotopic (exact) mass is 271 g/mol. The molecule has 0 fully saturated rings. The lowest BCUT2D eigenvalue weighted by Gasteiger charge is -2.16. The molecule has 1 N–H and O–H groups in total. The zero-order chi connectivity index (χ0) is 14.3. The summed E-state index contributed by atoms with van der Waals surface area (Å²) in [5.74, 6) is -3.15. The number of nitrogens with zero attached hydrogens (tertiary/aromatic N) is 1. The van der Waals surface area contributed by atoms with Crippen LogP contribution >= 0.6 is 0 Å². The number of rotatable bonds is 1. The van der Waals surface area contributed by atoms with Gasteiger partial charge in [0.15, 0.2) is 0 Å². The van der Waals surface area contributed by atoms with E-state index in [0.717, 1.165) is 0 Å². The van der Waals surface area contributed by atoms with Crippen LogP contribution in [0.4, 0.5) is 8.78 Å². The first kappa shape index (κ1) is 12.8. The maximum atomic E-state index is 13.7. The van der Waals surface area contributed by atoms with Gasteiger partial charge in [0.05, 0.1) is 11.6 Å². The number of aliphatic hydroxyl groups is 1. The third kappa shape index (κ3) is 1.79. The minimum absolute atomic E-state index is 0.236. The first-order chi connectivity index (χ1) is 9.54. The van der Waals surface area contributed by atoms with Crippen molar-refractivity contribution in [2.24, 2.45) is 0 Å². The Morgan fingerprint density at radius 1 is 1.10 bits per heavy atom. The Kier molecular flexibility index (Phi) is 2.81. The molecule has 0 aromatic heterocycles. The van der Waals surface area contributed by atoms with Gasteiger partial charge in [0.25, 0.3) is 5.92 Å². The van der Waals surface area contributed by atoms with E-state index in [4.69, 9.17) is 5.26 Å². The Hall–Kier alpha value is -2.25. The molecule has 0 aliphatic heterocycles. The van der Waals surface area contributed by atoms with E-state index in [9.17, 15) is 13.9 Å². The summed E-state index contributed by atoms with van der Waals surface area (Å²) in [7, 11) is 0. The van der Waals surface area contributed by atoms with Crippen LogP contribution in [0.5, 0.6) is 0 Å². The fraction of sp³-hybridized carbons (Fsp3) is 0.188. The number of halogens is 2. The quantitative estimate of drug-likeness (QED) is 0.863. The predicted molar refractivity (Wildman–Crippen MR) is 70.2 cm³/mol. The molecular formula is C16H11F2NO. The number of hydrogen-bond donors (Lipinski definition) is 1. The van der Waals surface area contributed by atoms with Gasteiger partial charge in [0.2, 0.25) is 0 Å². The summed E-state index contributed by atoms with van der Waals surface area (Å²) in [6.07, 6.45) is -2.29. The van der Waals surface area contributed by atoms with E-state index in [2.05, 4.69) is 6.07 Å². The van der Waals surface area contributed by atoms with Crippen LogP contribution in [0.3, 0.4) is 0 Å². The molecule has 2 nitrogen and oxygen atoms in total. The first-order valence-electron chi connectivity index (χ1n) is 6.22. The smallest absolute Gasteiger partial charge is 0.281 e. The Labute approximate surface area is 114 Å². The maximum absolute atomic E-state index is 13.7. The van der Waals surface area contributed by atoms with Crippen LogP contribution in [0, 0.1) is 11.3 Å². The molecule has 0 saturated heterocycles. The molecule has 0 saturated carbocycles. The summed E-state index contributed by atoms with van der Waals surface area (Å²) in [4.78, 5) is 0. The maximum Gasteiger partial charge on any atom is 0.281 e. The van der Waals surface area contributed by atoms with Crippen LogP contribution in [0.2, 0.25) is 0 Å². The third-order valence-electron chi connectivity index (χ3n) is 3.63. The van der Waals surface area contributed by atoms with Crippen LogP contribution in [-0.4, -0.2) is 11.0 Å². The second kappa shape index (κ2) is 4.39. The highest BCUT2D eigenvalue weighted by Gasteiger charge is 2.47. The van der Waals surface area contributed by atoms with Gasteiger partial charge in [-0.3, -0.25) is 0 Å². The van der Waals surface area contributed by atoms with Gasteiger partial charge in [-0.25, -0.2) is 8.78 Å². The summed E-state index contributed by atoms with van der Waals surface area (Å²) in [5, 5.41) is 19.0. The molecule has 20 heavy (non-hydrogen) atoms. The minimum Gasteiger partial charge on any atom is -0.382 e. The fourth-order valence-corrected chi connectivity index (χ4v) is 2.70. The van der Waals surface area contributed by atoms with Gasteiger partial charge in [-0.15, -0.1) is 0 Å². The summed E-state index contributed by atoms with van der Waals surface area (Å²) >= 11 is 0. The van der Waals surface area contributed by atoms with Crippen molar-refractivity contribution in [3.8, 4) is 17.2 Å². The van der Waals surface area contributed by atoms with Gasteiger partial charge >= 0.3 is 0 Å². The lowest BCUT2D eigenvalue weighted by Crippen LogP contribution is -2.21. The van der Waals surface area contributed by atoms with Crippen molar-refractivity contribution < 1.29 is 13.9 Å². The Morgan fingerprint density at radius 2 is 1.80 bits per heavy atom. The molecule has 1 aliphatic carbocycles. The van der Waals surface area contributed by atoms with Gasteiger partial charge in [-0.2, -0.15) is 5.26 Å². The molecule has 0 heterocycles. The summed E-state index contributed by atoms with van der Waals surface area (Å²) in [6.45, 7) is 0. The van der Waals surface area contributed by atoms with E-state index in [1.54, 1.807) is 42.5 Å². The largest absolute Gasteiger partial charge is 0.382 e. The van der Waals surface area contributed by atoms with Crippen molar-refractivity contribution in [1.82, 2.24) is 0 Å². The minimum atomic E-state index is -3.15. The summed E-state index contributed by atoms with van der Waals surface area (Å²) in [6, 6.07) is 13.8. The van der Waals surface area contributed by atoms with E-state index in [0.29, 0.717) is 22.3 Å². The SMILES string of the molecule is N#Cc1ccccc1-c1cccc2c1C(O)C(F)(F)C2. The van der Waals surface area contributed by atoms with Gasteiger partial charge < -0.3 is 5.11 Å². The molecule has 1 atom stereocenters. The van der Waals surface area contributed by atoms with E-state index in [1.807, 2.05) is 0 Å². The third-order valence-corrected chi connectivity index (χ3v) is 3.63.